The van der Waals surface area contributed by atoms with Crippen molar-refractivity contribution in [1.82, 2.24) is 20.5 Å². The van der Waals surface area contributed by atoms with Gasteiger partial charge in [-0.25, -0.2) is 0 Å². The van der Waals surface area contributed by atoms with Crippen LogP contribution in [0.1, 0.15) is 32.4 Å². The molecule has 0 radical (unpaired) electrons. The first-order valence-corrected chi connectivity index (χ1v) is 7.18. The molecule has 110 valence electrons. The van der Waals surface area contributed by atoms with Crippen molar-refractivity contribution < 1.29 is 4.79 Å². The van der Waals surface area contributed by atoms with Gasteiger partial charge in [0, 0.05) is 38.6 Å². The van der Waals surface area contributed by atoms with E-state index in [-0.39, 0.29) is 11.9 Å². The number of nitrogens with one attached hydrogen (secondary N) is 2. The van der Waals surface area contributed by atoms with Crippen LogP contribution in [0.3, 0.4) is 0 Å². The normalized spacial score (nSPS) is 18.6. The van der Waals surface area contributed by atoms with Gasteiger partial charge in [0.1, 0.15) is 0 Å². The Hall–Kier alpha value is -1.46. The molecule has 1 aromatic heterocycles. The van der Waals surface area contributed by atoms with Crippen LogP contribution in [0, 0.1) is 0 Å². The van der Waals surface area contributed by atoms with Crippen molar-refractivity contribution in [2.75, 3.05) is 26.2 Å². The Balaban J connectivity index is 1.99. The summed E-state index contributed by atoms with van der Waals surface area (Å²) in [5, 5.41) is 6.40. The quantitative estimate of drug-likeness (QED) is 0.859. The number of amides is 1. The van der Waals surface area contributed by atoms with Crippen LogP contribution in [0.15, 0.2) is 24.5 Å². The molecule has 0 aromatic carbocycles. The highest BCUT2D eigenvalue weighted by Crippen LogP contribution is 2.18. The van der Waals surface area contributed by atoms with E-state index in [2.05, 4.69) is 20.5 Å². The summed E-state index contributed by atoms with van der Waals surface area (Å²) in [6.07, 6.45) is 3.53. The number of hydrogen-bond acceptors (Lipinski definition) is 4. The maximum Gasteiger partial charge on any atom is 0.240 e. The fraction of sp³-hybridized carbons (Fsp3) is 0.600. The zero-order chi connectivity index (χ0) is 14.6. The summed E-state index contributed by atoms with van der Waals surface area (Å²) >= 11 is 0. The predicted molar refractivity (Wildman–Crippen MR) is 79.3 cm³/mol. The highest BCUT2D eigenvalue weighted by atomic mass is 16.2. The summed E-state index contributed by atoms with van der Waals surface area (Å²) in [5.74, 6) is 0.0655. The zero-order valence-electron chi connectivity index (χ0n) is 12.5. The van der Waals surface area contributed by atoms with E-state index in [9.17, 15) is 4.79 Å². The Labute approximate surface area is 120 Å². The molecule has 2 N–H and O–H groups in total. The molecule has 0 bridgehead atoms. The number of aromatic nitrogens is 1. The van der Waals surface area contributed by atoms with Crippen LogP contribution in [0.5, 0.6) is 0 Å². The first kappa shape index (κ1) is 14.9. The van der Waals surface area contributed by atoms with Gasteiger partial charge in [0.15, 0.2) is 0 Å². The Bertz CT molecular complexity index is 440. The number of carbonyl (C=O) groups excluding carboxylic acids is 1. The van der Waals surface area contributed by atoms with E-state index in [1.165, 1.54) is 0 Å². The third-order valence-corrected chi connectivity index (χ3v) is 4.00. The lowest BCUT2D eigenvalue weighted by Gasteiger charge is -2.40. The van der Waals surface area contributed by atoms with Crippen LogP contribution in [0.2, 0.25) is 0 Å². The maximum absolute atomic E-state index is 12.6. The van der Waals surface area contributed by atoms with Crippen molar-refractivity contribution in [3.63, 3.8) is 0 Å². The van der Waals surface area contributed by atoms with E-state index < -0.39 is 5.54 Å². The molecular formula is C15H24N4O. The fourth-order valence-electron chi connectivity index (χ4n) is 2.46. The molecule has 0 aliphatic carbocycles. The van der Waals surface area contributed by atoms with Crippen molar-refractivity contribution >= 4 is 5.91 Å². The lowest BCUT2D eigenvalue weighted by molar-refractivity contribution is -0.132. The fourth-order valence-corrected chi connectivity index (χ4v) is 2.46. The summed E-state index contributed by atoms with van der Waals surface area (Å²) < 4.78 is 0. The summed E-state index contributed by atoms with van der Waals surface area (Å²) in [7, 11) is 0. The SMILES string of the molecule is CC(NC(=O)C(C)(C)N1CCNCC1)c1cccnc1. The van der Waals surface area contributed by atoms with Crippen molar-refractivity contribution in [3.8, 4) is 0 Å². The number of nitrogens with zero attached hydrogens (tertiary/aromatic N) is 2. The smallest absolute Gasteiger partial charge is 0.240 e. The summed E-state index contributed by atoms with van der Waals surface area (Å²) in [6, 6.07) is 3.84. The summed E-state index contributed by atoms with van der Waals surface area (Å²) in [4.78, 5) is 18.9. The molecule has 1 saturated heterocycles. The van der Waals surface area contributed by atoms with Gasteiger partial charge in [0.25, 0.3) is 0 Å². The van der Waals surface area contributed by atoms with Gasteiger partial charge in [-0.05, 0) is 32.4 Å². The third kappa shape index (κ3) is 3.35. The van der Waals surface area contributed by atoms with Gasteiger partial charge in [-0.2, -0.15) is 0 Å². The molecule has 20 heavy (non-hydrogen) atoms. The minimum absolute atomic E-state index is 0.0293. The van der Waals surface area contributed by atoms with Crippen molar-refractivity contribution in [3.05, 3.63) is 30.1 Å². The molecule has 0 saturated carbocycles. The minimum atomic E-state index is -0.488. The van der Waals surface area contributed by atoms with Gasteiger partial charge in [-0.1, -0.05) is 6.07 Å². The third-order valence-electron chi connectivity index (χ3n) is 4.00. The molecule has 1 aromatic rings. The van der Waals surface area contributed by atoms with Crippen molar-refractivity contribution in [1.29, 1.82) is 0 Å². The Morgan fingerprint density at radius 3 is 2.75 bits per heavy atom. The predicted octanol–water partition coefficient (Wildman–Crippen LogP) is 0.943. The number of hydrogen-bond donors (Lipinski definition) is 2. The first-order valence-electron chi connectivity index (χ1n) is 7.18. The number of carbonyl (C=O) groups is 1. The summed E-state index contributed by atoms with van der Waals surface area (Å²) in [5.41, 5.74) is 0.537. The molecule has 2 heterocycles. The van der Waals surface area contributed by atoms with Gasteiger partial charge < -0.3 is 10.6 Å². The lowest BCUT2D eigenvalue weighted by Crippen LogP contribution is -2.60. The van der Waals surface area contributed by atoms with Crippen molar-refractivity contribution in [2.24, 2.45) is 0 Å². The largest absolute Gasteiger partial charge is 0.348 e. The van der Waals surface area contributed by atoms with Crippen molar-refractivity contribution in [2.45, 2.75) is 32.4 Å². The molecule has 1 atom stereocenters. The zero-order valence-corrected chi connectivity index (χ0v) is 12.5. The van der Waals surface area contributed by atoms with E-state index in [1.807, 2.05) is 32.9 Å². The van der Waals surface area contributed by atoms with E-state index in [0.29, 0.717) is 0 Å². The van der Waals surface area contributed by atoms with Gasteiger partial charge in [0.05, 0.1) is 11.6 Å². The van der Waals surface area contributed by atoms with Crippen LogP contribution in [-0.4, -0.2) is 47.5 Å². The molecule has 5 heteroatoms. The van der Waals surface area contributed by atoms with E-state index in [1.54, 1.807) is 12.4 Å². The van der Waals surface area contributed by atoms with Gasteiger partial charge in [-0.3, -0.25) is 14.7 Å². The molecule has 1 aliphatic rings. The average molecular weight is 276 g/mol. The van der Waals surface area contributed by atoms with Crippen LogP contribution in [-0.2, 0) is 4.79 Å². The van der Waals surface area contributed by atoms with Gasteiger partial charge in [-0.15, -0.1) is 0 Å². The van der Waals surface area contributed by atoms with E-state index in [0.717, 1.165) is 31.7 Å². The molecule has 0 spiro atoms. The topological polar surface area (TPSA) is 57.3 Å². The molecule has 1 unspecified atom stereocenters. The molecule has 1 amide bonds. The number of rotatable bonds is 4. The molecule has 5 nitrogen and oxygen atoms in total. The standard InChI is InChI=1S/C15H24N4O/c1-12(13-5-4-6-17-11-13)18-14(20)15(2,3)19-9-7-16-8-10-19/h4-6,11-12,16H,7-10H2,1-3H3,(H,18,20). The number of pyridine rings is 1. The second kappa shape index (κ2) is 6.33. The van der Waals surface area contributed by atoms with Gasteiger partial charge >= 0.3 is 0 Å². The minimum Gasteiger partial charge on any atom is -0.348 e. The van der Waals surface area contributed by atoms with Gasteiger partial charge in [0.2, 0.25) is 5.91 Å². The van der Waals surface area contributed by atoms with Crippen LogP contribution in [0.25, 0.3) is 0 Å². The average Bonchev–Trinajstić information content (AvgIpc) is 2.49. The van der Waals surface area contributed by atoms with Crippen LogP contribution >= 0.6 is 0 Å². The lowest BCUT2D eigenvalue weighted by atomic mass is 9.99. The Morgan fingerprint density at radius 2 is 2.15 bits per heavy atom. The Kier molecular flexibility index (Phi) is 4.73. The molecular weight excluding hydrogens is 252 g/mol. The second-order valence-electron chi connectivity index (χ2n) is 5.78. The van der Waals surface area contributed by atoms with Crippen LogP contribution < -0.4 is 10.6 Å². The highest BCUT2D eigenvalue weighted by Gasteiger charge is 2.35. The summed E-state index contributed by atoms with van der Waals surface area (Å²) in [6.45, 7) is 9.66. The monoisotopic (exact) mass is 276 g/mol. The Morgan fingerprint density at radius 1 is 1.45 bits per heavy atom. The van der Waals surface area contributed by atoms with E-state index in [4.69, 9.17) is 0 Å². The van der Waals surface area contributed by atoms with E-state index >= 15 is 0 Å². The first-order chi connectivity index (χ1) is 9.51. The maximum atomic E-state index is 12.6. The van der Waals surface area contributed by atoms with Crippen LogP contribution in [0.4, 0.5) is 0 Å². The molecule has 1 fully saturated rings. The molecule has 2 rings (SSSR count). The number of piperazine rings is 1. The second-order valence-corrected chi connectivity index (χ2v) is 5.78. The molecule has 1 aliphatic heterocycles. The highest BCUT2D eigenvalue weighted by molar-refractivity contribution is 5.85.